The van der Waals surface area contributed by atoms with Gasteiger partial charge in [0.2, 0.25) is 0 Å². The molecular weight excluding hydrogens is 240 g/mol. The first-order valence-electron chi connectivity index (χ1n) is 5.99. The van der Waals surface area contributed by atoms with Crippen molar-refractivity contribution in [3.8, 4) is 5.75 Å². The van der Waals surface area contributed by atoms with Crippen LogP contribution in [0.4, 0.5) is 14.5 Å². The van der Waals surface area contributed by atoms with Gasteiger partial charge in [0, 0.05) is 12.8 Å². The Morgan fingerprint density at radius 3 is 2.44 bits per heavy atom. The second kappa shape index (κ2) is 6.00. The highest BCUT2D eigenvalue weighted by Crippen LogP contribution is 2.34. The van der Waals surface area contributed by atoms with Crippen LogP contribution in [0.5, 0.6) is 5.75 Å². The van der Waals surface area contributed by atoms with E-state index in [1.54, 1.807) is 19.2 Å². The Labute approximate surface area is 105 Å². The van der Waals surface area contributed by atoms with Gasteiger partial charge in [0.1, 0.15) is 5.75 Å². The monoisotopic (exact) mass is 257 g/mol. The zero-order valence-corrected chi connectivity index (χ0v) is 10.2. The fourth-order valence-electron chi connectivity index (χ4n) is 1.92. The molecule has 0 amide bonds. The highest BCUT2D eigenvalue weighted by atomic mass is 19.3. The molecule has 1 saturated carbocycles. The number of ether oxygens (including phenoxy) is 2. The van der Waals surface area contributed by atoms with Crippen molar-refractivity contribution in [3.05, 3.63) is 24.3 Å². The SMILES string of the molecule is COCC(Nc1ccc(OC(F)F)cc1)C1CC1. The van der Waals surface area contributed by atoms with E-state index in [-0.39, 0.29) is 11.8 Å². The van der Waals surface area contributed by atoms with Crippen molar-refractivity contribution < 1.29 is 18.3 Å². The highest BCUT2D eigenvalue weighted by Gasteiger charge is 2.31. The van der Waals surface area contributed by atoms with Gasteiger partial charge < -0.3 is 14.8 Å². The van der Waals surface area contributed by atoms with Crippen LogP contribution in [-0.4, -0.2) is 26.4 Å². The minimum absolute atomic E-state index is 0.172. The summed E-state index contributed by atoms with van der Waals surface area (Å²) in [4.78, 5) is 0. The van der Waals surface area contributed by atoms with Crippen LogP contribution in [0, 0.1) is 5.92 Å². The van der Waals surface area contributed by atoms with Gasteiger partial charge in [-0.2, -0.15) is 8.78 Å². The Bertz CT molecular complexity index is 366. The summed E-state index contributed by atoms with van der Waals surface area (Å²) >= 11 is 0. The molecule has 1 fully saturated rings. The van der Waals surface area contributed by atoms with E-state index in [4.69, 9.17) is 4.74 Å². The molecule has 100 valence electrons. The third-order valence-corrected chi connectivity index (χ3v) is 2.97. The van der Waals surface area contributed by atoms with Gasteiger partial charge in [0.15, 0.2) is 0 Å². The second-order valence-corrected chi connectivity index (χ2v) is 4.45. The molecule has 0 saturated heterocycles. The maximum Gasteiger partial charge on any atom is 0.387 e. The molecule has 0 radical (unpaired) electrons. The molecule has 1 aromatic rings. The standard InChI is InChI=1S/C13H17F2NO2/c1-17-8-12(9-2-3-9)16-10-4-6-11(7-5-10)18-13(14)15/h4-7,9,12-13,16H,2-3,8H2,1H3. The van der Waals surface area contributed by atoms with Crippen molar-refractivity contribution in [1.29, 1.82) is 0 Å². The number of halogens is 2. The number of benzene rings is 1. The first kappa shape index (κ1) is 13.1. The maximum atomic E-state index is 12.0. The Morgan fingerprint density at radius 2 is 1.94 bits per heavy atom. The number of nitrogens with one attached hydrogen (secondary N) is 1. The molecular formula is C13H17F2NO2. The molecule has 3 nitrogen and oxygen atoms in total. The van der Waals surface area contributed by atoms with Gasteiger partial charge in [-0.15, -0.1) is 0 Å². The van der Waals surface area contributed by atoms with Crippen molar-refractivity contribution in [2.75, 3.05) is 19.0 Å². The molecule has 18 heavy (non-hydrogen) atoms. The molecule has 0 bridgehead atoms. The lowest BCUT2D eigenvalue weighted by atomic mass is 10.2. The summed E-state index contributed by atoms with van der Waals surface area (Å²) in [6.45, 7) is -2.13. The van der Waals surface area contributed by atoms with Gasteiger partial charge in [-0.3, -0.25) is 0 Å². The largest absolute Gasteiger partial charge is 0.435 e. The summed E-state index contributed by atoms with van der Waals surface area (Å²) < 4.78 is 33.4. The number of methoxy groups -OCH3 is 1. The fraction of sp³-hybridized carbons (Fsp3) is 0.538. The topological polar surface area (TPSA) is 30.5 Å². The highest BCUT2D eigenvalue weighted by molar-refractivity contribution is 5.47. The molecule has 0 heterocycles. The minimum Gasteiger partial charge on any atom is -0.435 e. The van der Waals surface area contributed by atoms with E-state index >= 15 is 0 Å². The molecule has 1 aromatic carbocycles. The Morgan fingerprint density at radius 1 is 1.28 bits per heavy atom. The number of hydrogen-bond donors (Lipinski definition) is 1. The Kier molecular flexibility index (Phi) is 4.36. The summed E-state index contributed by atoms with van der Waals surface area (Å²) in [5, 5.41) is 3.35. The quantitative estimate of drug-likeness (QED) is 0.814. The lowest BCUT2D eigenvalue weighted by molar-refractivity contribution is -0.0498. The fourth-order valence-corrected chi connectivity index (χ4v) is 1.92. The van der Waals surface area contributed by atoms with E-state index in [2.05, 4.69) is 10.1 Å². The van der Waals surface area contributed by atoms with Crippen LogP contribution < -0.4 is 10.1 Å². The van der Waals surface area contributed by atoms with Gasteiger partial charge in [-0.05, 0) is 43.0 Å². The van der Waals surface area contributed by atoms with Crippen LogP contribution in [0.2, 0.25) is 0 Å². The predicted molar refractivity (Wildman–Crippen MR) is 65.1 cm³/mol. The molecule has 1 aliphatic rings. The van der Waals surface area contributed by atoms with Crippen LogP contribution in [0.3, 0.4) is 0 Å². The molecule has 1 N–H and O–H groups in total. The van der Waals surface area contributed by atoms with Crippen molar-refractivity contribution in [2.24, 2.45) is 5.92 Å². The third kappa shape index (κ3) is 3.84. The third-order valence-electron chi connectivity index (χ3n) is 2.97. The van der Waals surface area contributed by atoms with Crippen LogP contribution in [0.15, 0.2) is 24.3 Å². The first-order chi connectivity index (χ1) is 8.69. The second-order valence-electron chi connectivity index (χ2n) is 4.45. The lowest BCUT2D eigenvalue weighted by Crippen LogP contribution is -2.27. The molecule has 5 heteroatoms. The maximum absolute atomic E-state index is 12.0. The average molecular weight is 257 g/mol. The average Bonchev–Trinajstić information content (AvgIpc) is 3.14. The molecule has 0 spiro atoms. The summed E-state index contributed by atoms with van der Waals surface area (Å²) in [5.74, 6) is 0.826. The van der Waals surface area contributed by atoms with Crippen LogP contribution in [-0.2, 0) is 4.74 Å². The van der Waals surface area contributed by atoms with Crippen LogP contribution >= 0.6 is 0 Å². The van der Waals surface area contributed by atoms with Crippen LogP contribution in [0.1, 0.15) is 12.8 Å². The smallest absolute Gasteiger partial charge is 0.387 e. The number of hydrogen-bond acceptors (Lipinski definition) is 3. The zero-order chi connectivity index (χ0) is 13.0. The predicted octanol–water partition coefficient (Wildman–Crippen LogP) is 3.12. The molecule has 1 atom stereocenters. The van der Waals surface area contributed by atoms with Crippen molar-refractivity contribution >= 4 is 5.69 Å². The summed E-state index contributed by atoms with van der Waals surface area (Å²) in [7, 11) is 1.68. The lowest BCUT2D eigenvalue weighted by Gasteiger charge is -2.18. The van der Waals surface area contributed by atoms with E-state index in [0.717, 1.165) is 5.69 Å². The molecule has 1 aliphatic carbocycles. The summed E-state index contributed by atoms with van der Waals surface area (Å²) in [5.41, 5.74) is 0.894. The van der Waals surface area contributed by atoms with Gasteiger partial charge in [0.05, 0.1) is 12.6 Å². The van der Waals surface area contributed by atoms with E-state index < -0.39 is 6.61 Å². The number of anilines is 1. The number of alkyl halides is 2. The first-order valence-corrected chi connectivity index (χ1v) is 5.99. The Hall–Kier alpha value is -1.36. The molecule has 0 aromatic heterocycles. The van der Waals surface area contributed by atoms with E-state index in [0.29, 0.717) is 12.5 Å². The molecule has 0 aliphatic heterocycles. The normalized spacial score (nSPS) is 16.7. The van der Waals surface area contributed by atoms with Crippen molar-refractivity contribution in [1.82, 2.24) is 0 Å². The van der Waals surface area contributed by atoms with E-state index in [9.17, 15) is 8.78 Å². The summed E-state index contributed by atoms with van der Waals surface area (Å²) in [6.07, 6.45) is 2.43. The van der Waals surface area contributed by atoms with Gasteiger partial charge >= 0.3 is 6.61 Å². The van der Waals surface area contributed by atoms with E-state index in [1.807, 2.05) is 0 Å². The van der Waals surface area contributed by atoms with Gasteiger partial charge in [0.25, 0.3) is 0 Å². The van der Waals surface area contributed by atoms with Crippen molar-refractivity contribution in [2.45, 2.75) is 25.5 Å². The van der Waals surface area contributed by atoms with Gasteiger partial charge in [-0.25, -0.2) is 0 Å². The van der Waals surface area contributed by atoms with E-state index in [1.165, 1.54) is 25.0 Å². The number of rotatable bonds is 7. The zero-order valence-electron chi connectivity index (χ0n) is 10.2. The Balaban J connectivity index is 1.91. The van der Waals surface area contributed by atoms with Gasteiger partial charge in [-0.1, -0.05) is 0 Å². The summed E-state index contributed by atoms with van der Waals surface area (Å²) in [6, 6.07) is 6.83. The van der Waals surface area contributed by atoms with Crippen molar-refractivity contribution in [3.63, 3.8) is 0 Å². The molecule has 1 unspecified atom stereocenters. The minimum atomic E-state index is -2.78. The van der Waals surface area contributed by atoms with Crippen LogP contribution in [0.25, 0.3) is 0 Å². The molecule has 2 rings (SSSR count).